The molecule has 1 heterocycles. The SMILES string of the molecule is CC1COC(CBr)CN1Cc1ccccc1. The van der Waals surface area contributed by atoms with Gasteiger partial charge in [0.1, 0.15) is 0 Å². The third kappa shape index (κ3) is 3.06. The standard InChI is InChI=1S/C13H18BrNO/c1-11-10-16-13(7-14)9-15(11)8-12-5-3-2-4-6-12/h2-6,11,13H,7-10H2,1H3. The first-order chi connectivity index (χ1) is 7.79. The van der Waals surface area contributed by atoms with Crippen LogP contribution < -0.4 is 0 Å². The molecule has 0 amide bonds. The van der Waals surface area contributed by atoms with Crippen LogP contribution >= 0.6 is 15.9 Å². The first kappa shape index (κ1) is 12.1. The predicted molar refractivity (Wildman–Crippen MR) is 69.8 cm³/mol. The molecular weight excluding hydrogens is 266 g/mol. The molecule has 1 saturated heterocycles. The molecule has 0 aliphatic carbocycles. The molecule has 2 rings (SSSR count). The van der Waals surface area contributed by atoms with Crippen molar-refractivity contribution in [2.75, 3.05) is 18.5 Å². The maximum Gasteiger partial charge on any atom is 0.0799 e. The summed E-state index contributed by atoms with van der Waals surface area (Å²) in [4.78, 5) is 2.49. The highest BCUT2D eigenvalue weighted by Gasteiger charge is 2.25. The van der Waals surface area contributed by atoms with Crippen molar-refractivity contribution in [2.45, 2.75) is 25.6 Å². The highest BCUT2D eigenvalue weighted by molar-refractivity contribution is 9.09. The van der Waals surface area contributed by atoms with Crippen LogP contribution in [0.5, 0.6) is 0 Å². The summed E-state index contributed by atoms with van der Waals surface area (Å²) in [6.07, 6.45) is 0.333. The van der Waals surface area contributed by atoms with E-state index in [1.165, 1.54) is 5.56 Å². The van der Waals surface area contributed by atoms with E-state index in [4.69, 9.17) is 4.74 Å². The van der Waals surface area contributed by atoms with E-state index in [9.17, 15) is 0 Å². The van der Waals surface area contributed by atoms with Crippen LogP contribution in [0, 0.1) is 0 Å². The lowest BCUT2D eigenvalue weighted by molar-refractivity contribution is -0.0499. The van der Waals surface area contributed by atoms with Gasteiger partial charge in [0, 0.05) is 24.5 Å². The molecule has 0 aromatic heterocycles. The van der Waals surface area contributed by atoms with Gasteiger partial charge in [0.25, 0.3) is 0 Å². The van der Waals surface area contributed by atoms with Gasteiger partial charge in [-0.1, -0.05) is 46.3 Å². The third-order valence-corrected chi connectivity index (χ3v) is 3.76. The summed E-state index contributed by atoms with van der Waals surface area (Å²) in [5.41, 5.74) is 1.38. The number of ether oxygens (including phenoxy) is 1. The minimum absolute atomic E-state index is 0.333. The number of halogens is 1. The summed E-state index contributed by atoms with van der Waals surface area (Å²) in [6, 6.07) is 11.1. The Morgan fingerprint density at radius 1 is 1.38 bits per heavy atom. The molecule has 1 aromatic carbocycles. The van der Waals surface area contributed by atoms with Crippen LogP contribution in [0.4, 0.5) is 0 Å². The monoisotopic (exact) mass is 283 g/mol. The third-order valence-electron chi connectivity index (χ3n) is 3.04. The van der Waals surface area contributed by atoms with Gasteiger partial charge in [0.15, 0.2) is 0 Å². The molecule has 88 valence electrons. The number of benzene rings is 1. The number of rotatable bonds is 3. The number of nitrogens with zero attached hydrogens (tertiary/aromatic N) is 1. The van der Waals surface area contributed by atoms with E-state index in [-0.39, 0.29) is 0 Å². The largest absolute Gasteiger partial charge is 0.374 e. The van der Waals surface area contributed by atoms with Crippen molar-refractivity contribution in [3.05, 3.63) is 35.9 Å². The van der Waals surface area contributed by atoms with Gasteiger partial charge in [-0.3, -0.25) is 4.90 Å². The van der Waals surface area contributed by atoms with Gasteiger partial charge in [0.05, 0.1) is 12.7 Å². The fourth-order valence-corrected chi connectivity index (χ4v) is 2.40. The number of hydrogen-bond acceptors (Lipinski definition) is 2. The lowest BCUT2D eigenvalue weighted by Gasteiger charge is -2.37. The molecule has 0 N–H and O–H groups in total. The molecule has 0 radical (unpaired) electrons. The van der Waals surface area contributed by atoms with Gasteiger partial charge in [-0.25, -0.2) is 0 Å². The van der Waals surface area contributed by atoms with Crippen molar-refractivity contribution < 1.29 is 4.74 Å². The Labute approximate surface area is 106 Å². The van der Waals surface area contributed by atoms with Crippen LogP contribution in [0.2, 0.25) is 0 Å². The summed E-state index contributed by atoms with van der Waals surface area (Å²) in [6.45, 7) is 5.10. The van der Waals surface area contributed by atoms with Gasteiger partial charge in [-0.15, -0.1) is 0 Å². The number of alkyl halides is 1. The van der Waals surface area contributed by atoms with Crippen molar-refractivity contribution >= 4 is 15.9 Å². The fraction of sp³-hybridized carbons (Fsp3) is 0.538. The summed E-state index contributed by atoms with van der Waals surface area (Å²) >= 11 is 3.49. The van der Waals surface area contributed by atoms with Crippen LogP contribution in [0.1, 0.15) is 12.5 Å². The minimum atomic E-state index is 0.333. The Morgan fingerprint density at radius 2 is 2.12 bits per heavy atom. The topological polar surface area (TPSA) is 12.5 Å². The van der Waals surface area contributed by atoms with E-state index < -0.39 is 0 Å². The molecule has 0 bridgehead atoms. The quantitative estimate of drug-likeness (QED) is 0.791. The first-order valence-corrected chi connectivity index (χ1v) is 6.87. The zero-order valence-electron chi connectivity index (χ0n) is 9.60. The van der Waals surface area contributed by atoms with Gasteiger partial charge < -0.3 is 4.74 Å². The van der Waals surface area contributed by atoms with Crippen LogP contribution in [0.25, 0.3) is 0 Å². The molecule has 16 heavy (non-hydrogen) atoms. The molecule has 2 unspecified atom stereocenters. The van der Waals surface area contributed by atoms with Crippen molar-refractivity contribution in [3.63, 3.8) is 0 Å². The van der Waals surface area contributed by atoms with Crippen LogP contribution in [-0.2, 0) is 11.3 Å². The van der Waals surface area contributed by atoms with E-state index in [0.717, 1.165) is 25.0 Å². The summed E-state index contributed by atoms with van der Waals surface area (Å²) in [5, 5.41) is 0.922. The normalized spacial score (nSPS) is 26.9. The van der Waals surface area contributed by atoms with Crippen molar-refractivity contribution in [1.82, 2.24) is 4.90 Å². The number of morpholine rings is 1. The molecule has 1 aromatic rings. The second kappa shape index (κ2) is 5.80. The fourth-order valence-electron chi connectivity index (χ4n) is 2.01. The summed E-state index contributed by atoms with van der Waals surface area (Å²) in [5.74, 6) is 0. The highest BCUT2D eigenvalue weighted by Crippen LogP contribution is 2.16. The Morgan fingerprint density at radius 3 is 2.81 bits per heavy atom. The van der Waals surface area contributed by atoms with E-state index in [1.54, 1.807) is 0 Å². The minimum Gasteiger partial charge on any atom is -0.374 e. The van der Waals surface area contributed by atoms with Gasteiger partial charge in [-0.2, -0.15) is 0 Å². The molecular formula is C13H18BrNO. The zero-order valence-corrected chi connectivity index (χ0v) is 11.2. The van der Waals surface area contributed by atoms with Gasteiger partial charge >= 0.3 is 0 Å². The average molecular weight is 284 g/mol. The first-order valence-electron chi connectivity index (χ1n) is 5.75. The van der Waals surface area contributed by atoms with Gasteiger partial charge in [0.2, 0.25) is 0 Å². The molecule has 1 aliphatic heterocycles. The Hall–Kier alpha value is -0.380. The van der Waals surface area contributed by atoms with E-state index >= 15 is 0 Å². The molecule has 3 heteroatoms. The smallest absolute Gasteiger partial charge is 0.0799 e. The van der Waals surface area contributed by atoms with Gasteiger partial charge in [-0.05, 0) is 12.5 Å². The molecule has 1 fully saturated rings. The Balaban J connectivity index is 1.97. The zero-order chi connectivity index (χ0) is 11.4. The summed E-state index contributed by atoms with van der Waals surface area (Å²) in [7, 11) is 0. The van der Waals surface area contributed by atoms with E-state index in [1.807, 2.05) is 0 Å². The van der Waals surface area contributed by atoms with Crippen molar-refractivity contribution in [1.29, 1.82) is 0 Å². The molecule has 2 nitrogen and oxygen atoms in total. The highest BCUT2D eigenvalue weighted by atomic mass is 79.9. The number of hydrogen-bond donors (Lipinski definition) is 0. The predicted octanol–water partition coefficient (Wildman–Crippen LogP) is 2.67. The lowest BCUT2D eigenvalue weighted by atomic mass is 10.1. The molecule has 1 aliphatic rings. The maximum absolute atomic E-state index is 5.72. The van der Waals surface area contributed by atoms with Crippen LogP contribution in [0.3, 0.4) is 0 Å². The summed E-state index contributed by atoms with van der Waals surface area (Å²) < 4.78 is 5.72. The Kier molecular flexibility index (Phi) is 4.38. The van der Waals surface area contributed by atoms with Crippen molar-refractivity contribution in [2.24, 2.45) is 0 Å². The average Bonchev–Trinajstić information content (AvgIpc) is 2.33. The van der Waals surface area contributed by atoms with Crippen molar-refractivity contribution in [3.8, 4) is 0 Å². The second-order valence-corrected chi connectivity index (χ2v) is 5.02. The Bertz CT molecular complexity index is 317. The van der Waals surface area contributed by atoms with Crippen LogP contribution in [0.15, 0.2) is 30.3 Å². The molecule has 0 saturated carbocycles. The lowest BCUT2D eigenvalue weighted by Crippen LogP contribution is -2.48. The maximum atomic E-state index is 5.72. The van der Waals surface area contributed by atoms with Crippen LogP contribution in [-0.4, -0.2) is 35.5 Å². The van der Waals surface area contributed by atoms with E-state index in [2.05, 4.69) is 58.1 Å². The molecule has 0 spiro atoms. The second-order valence-electron chi connectivity index (χ2n) is 4.37. The molecule has 2 atom stereocenters. The van der Waals surface area contributed by atoms with E-state index in [0.29, 0.717) is 12.1 Å².